The average molecular weight is 641 g/mol. The Morgan fingerprint density at radius 2 is 1.27 bits per heavy atom. The Kier molecular flexibility index (Phi) is 10.7. The van der Waals surface area contributed by atoms with Crippen LogP contribution in [0.1, 0.15) is 47.1 Å². The molecule has 5 rings (SSSR count). The van der Waals surface area contributed by atoms with Crippen LogP contribution in [0.3, 0.4) is 0 Å². The van der Waals surface area contributed by atoms with E-state index >= 15 is 0 Å². The SMILES string of the molecule is C=C(/C=C\C)C(=C)\C=C/C=C(\C=C(\C)Nc1ccc(-c2ccc3c(c2)c2cc(C(C)(C)C)ccc2n3-c2ccccc2)cc1)C(=C)/C=C\C. The highest BCUT2D eigenvalue weighted by molar-refractivity contribution is 6.10. The Hall–Kier alpha value is -5.60. The largest absolute Gasteiger partial charge is 0.359 e. The number of para-hydroxylation sites is 1. The minimum Gasteiger partial charge on any atom is -0.359 e. The molecule has 2 nitrogen and oxygen atoms in total. The summed E-state index contributed by atoms with van der Waals surface area (Å²) in [4.78, 5) is 0. The van der Waals surface area contributed by atoms with Gasteiger partial charge in [0.25, 0.3) is 0 Å². The van der Waals surface area contributed by atoms with E-state index in [1.807, 2.05) is 50.3 Å². The van der Waals surface area contributed by atoms with E-state index in [0.29, 0.717) is 0 Å². The van der Waals surface area contributed by atoms with E-state index in [2.05, 4.69) is 160 Å². The van der Waals surface area contributed by atoms with Crippen molar-refractivity contribution in [2.24, 2.45) is 0 Å². The summed E-state index contributed by atoms with van der Waals surface area (Å²) in [6, 6.07) is 33.1. The Bertz CT molecular complexity index is 2170. The second-order valence-electron chi connectivity index (χ2n) is 13.5. The second kappa shape index (κ2) is 15.1. The molecule has 0 aliphatic carbocycles. The number of hydrogen-bond donors (Lipinski definition) is 1. The van der Waals surface area contributed by atoms with Gasteiger partial charge in [-0.3, -0.25) is 0 Å². The molecule has 0 saturated carbocycles. The van der Waals surface area contributed by atoms with Crippen LogP contribution in [0.4, 0.5) is 5.69 Å². The number of aromatic nitrogens is 1. The molecule has 246 valence electrons. The summed E-state index contributed by atoms with van der Waals surface area (Å²) >= 11 is 0. The maximum absolute atomic E-state index is 4.27. The molecule has 0 unspecified atom stereocenters. The predicted molar refractivity (Wildman–Crippen MR) is 217 cm³/mol. The summed E-state index contributed by atoms with van der Waals surface area (Å²) in [7, 11) is 0. The molecule has 1 N–H and O–H groups in total. The molecule has 0 atom stereocenters. The van der Waals surface area contributed by atoms with Gasteiger partial charge in [-0.25, -0.2) is 0 Å². The van der Waals surface area contributed by atoms with E-state index in [1.54, 1.807) is 0 Å². The molecule has 1 aromatic heterocycles. The number of rotatable bonds is 11. The fourth-order valence-electron chi connectivity index (χ4n) is 6.00. The van der Waals surface area contributed by atoms with Crippen molar-refractivity contribution in [1.82, 2.24) is 4.57 Å². The minimum absolute atomic E-state index is 0.0618. The first-order chi connectivity index (χ1) is 23.5. The van der Waals surface area contributed by atoms with Gasteiger partial charge in [-0.2, -0.15) is 0 Å². The predicted octanol–water partition coefficient (Wildman–Crippen LogP) is 13.4. The smallest absolute Gasteiger partial charge is 0.0541 e. The summed E-state index contributed by atoms with van der Waals surface area (Å²) in [5.41, 5.74) is 13.1. The average Bonchev–Trinajstić information content (AvgIpc) is 3.41. The zero-order valence-electron chi connectivity index (χ0n) is 29.8. The van der Waals surface area contributed by atoms with E-state index in [-0.39, 0.29) is 5.41 Å². The fourth-order valence-corrected chi connectivity index (χ4v) is 6.00. The third-order valence-electron chi connectivity index (χ3n) is 8.67. The summed E-state index contributed by atoms with van der Waals surface area (Å²) in [6.45, 7) is 25.3. The molecule has 0 amide bonds. The van der Waals surface area contributed by atoms with Gasteiger partial charge in [-0.05, 0) is 120 Å². The van der Waals surface area contributed by atoms with Crippen molar-refractivity contribution in [3.05, 3.63) is 193 Å². The first kappa shape index (κ1) is 34.7. The van der Waals surface area contributed by atoms with E-state index in [1.165, 1.54) is 44.2 Å². The molecule has 1 heterocycles. The molecule has 0 aliphatic heterocycles. The number of anilines is 1. The summed E-state index contributed by atoms with van der Waals surface area (Å²) in [5.74, 6) is 0. The normalized spacial score (nSPS) is 12.9. The molecule has 0 fully saturated rings. The van der Waals surface area contributed by atoms with Crippen LogP contribution in [0.2, 0.25) is 0 Å². The Labute approximate surface area is 293 Å². The van der Waals surface area contributed by atoms with Crippen molar-refractivity contribution in [2.45, 2.75) is 47.0 Å². The van der Waals surface area contributed by atoms with Crippen molar-refractivity contribution < 1.29 is 0 Å². The number of hydrogen-bond acceptors (Lipinski definition) is 1. The lowest BCUT2D eigenvalue weighted by molar-refractivity contribution is 0.591. The van der Waals surface area contributed by atoms with Crippen LogP contribution in [0.25, 0.3) is 38.6 Å². The van der Waals surface area contributed by atoms with Crippen LogP contribution in [0, 0.1) is 0 Å². The molecule has 0 spiro atoms. The number of nitrogens with one attached hydrogen (secondary N) is 1. The zero-order chi connectivity index (χ0) is 35.1. The van der Waals surface area contributed by atoms with E-state index < -0.39 is 0 Å². The van der Waals surface area contributed by atoms with Gasteiger partial charge in [-0.15, -0.1) is 0 Å². The van der Waals surface area contributed by atoms with E-state index in [4.69, 9.17) is 0 Å². The van der Waals surface area contributed by atoms with Gasteiger partial charge in [0.2, 0.25) is 0 Å². The fraction of sp³-hybridized carbons (Fsp3) is 0.149. The summed E-state index contributed by atoms with van der Waals surface area (Å²) in [6.07, 6.45) is 16.1. The molecular weight excluding hydrogens is 593 g/mol. The lowest BCUT2D eigenvalue weighted by Gasteiger charge is -2.19. The molecule has 2 heteroatoms. The highest BCUT2D eigenvalue weighted by Gasteiger charge is 2.18. The Morgan fingerprint density at radius 1 is 0.673 bits per heavy atom. The highest BCUT2D eigenvalue weighted by Crippen LogP contribution is 2.37. The molecule has 5 aromatic rings. The lowest BCUT2D eigenvalue weighted by Crippen LogP contribution is -2.10. The van der Waals surface area contributed by atoms with Crippen LogP contribution in [-0.2, 0) is 5.41 Å². The van der Waals surface area contributed by atoms with Crippen LogP contribution in [0.5, 0.6) is 0 Å². The number of nitrogens with zero attached hydrogens (tertiary/aromatic N) is 1. The van der Waals surface area contributed by atoms with Gasteiger partial charge in [0, 0.05) is 27.8 Å². The lowest BCUT2D eigenvalue weighted by atomic mass is 9.86. The van der Waals surface area contributed by atoms with Crippen LogP contribution < -0.4 is 5.32 Å². The van der Waals surface area contributed by atoms with Gasteiger partial charge in [0.1, 0.15) is 0 Å². The molecule has 0 aliphatic rings. The molecule has 0 bridgehead atoms. The van der Waals surface area contributed by atoms with Crippen molar-refractivity contribution in [3.8, 4) is 16.8 Å². The summed E-state index contributed by atoms with van der Waals surface area (Å²) < 4.78 is 2.38. The van der Waals surface area contributed by atoms with Gasteiger partial charge in [-0.1, -0.05) is 126 Å². The van der Waals surface area contributed by atoms with Crippen LogP contribution in [-0.4, -0.2) is 4.57 Å². The van der Waals surface area contributed by atoms with Gasteiger partial charge < -0.3 is 9.88 Å². The highest BCUT2D eigenvalue weighted by atomic mass is 15.0. The Morgan fingerprint density at radius 3 is 1.92 bits per heavy atom. The van der Waals surface area contributed by atoms with E-state index in [0.717, 1.165) is 33.7 Å². The van der Waals surface area contributed by atoms with Gasteiger partial charge in [0.05, 0.1) is 11.0 Å². The topological polar surface area (TPSA) is 17.0 Å². The summed E-state index contributed by atoms with van der Waals surface area (Å²) in [5, 5.41) is 6.10. The molecular formula is C47H48N2. The molecule has 4 aromatic carbocycles. The standard InChI is InChI=1S/C47H48N2/c1-10-16-33(3)34(4)18-15-19-38(35(5)17-11-2)30-36(6)48-41-26-22-37(23-27-41)39-24-28-45-43(31-39)44-32-40(47(7,8)9)25-29-46(44)49(45)42-20-13-12-14-21-42/h10-32,48H,3-5H2,1-2,6-9H3/b16-10-,17-11-,18-15-,36-30-,38-19+. The molecule has 0 radical (unpaired) electrons. The molecule has 0 saturated heterocycles. The number of fused-ring (bicyclic) bond motifs is 3. The Balaban J connectivity index is 1.44. The van der Waals surface area contributed by atoms with Crippen molar-refractivity contribution in [2.75, 3.05) is 5.32 Å². The van der Waals surface area contributed by atoms with E-state index in [9.17, 15) is 0 Å². The maximum atomic E-state index is 4.27. The zero-order valence-corrected chi connectivity index (χ0v) is 29.8. The van der Waals surface area contributed by atoms with Crippen LogP contribution >= 0.6 is 0 Å². The van der Waals surface area contributed by atoms with Gasteiger partial charge in [0.15, 0.2) is 0 Å². The monoisotopic (exact) mass is 640 g/mol. The molecule has 49 heavy (non-hydrogen) atoms. The number of allylic oxidation sites excluding steroid dienone is 13. The minimum atomic E-state index is 0.0618. The number of benzene rings is 4. The van der Waals surface area contributed by atoms with Crippen molar-refractivity contribution in [3.63, 3.8) is 0 Å². The first-order valence-electron chi connectivity index (χ1n) is 16.9. The maximum Gasteiger partial charge on any atom is 0.0541 e. The van der Waals surface area contributed by atoms with Gasteiger partial charge >= 0.3 is 0 Å². The van der Waals surface area contributed by atoms with Crippen molar-refractivity contribution >= 4 is 27.5 Å². The quantitative estimate of drug-likeness (QED) is 0.142. The second-order valence-corrected chi connectivity index (χ2v) is 13.5. The third-order valence-corrected chi connectivity index (χ3v) is 8.67. The van der Waals surface area contributed by atoms with Crippen LogP contribution in [0.15, 0.2) is 187 Å². The third kappa shape index (κ3) is 8.11. The first-order valence-corrected chi connectivity index (χ1v) is 16.9. The van der Waals surface area contributed by atoms with Crippen molar-refractivity contribution in [1.29, 1.82) is 0 Å².